The number of rotatable bonds is 5. The Balaban J connectivity index is 1.38. The molecule has 2 aliphatic rings. The number of nitrogens with one attached hydrogen (secondary N) is 3. The van der Waals surface area contributed by atoms with Gasteiger partial charge in [-0.25, -0.2) is 13.2 Å². The zero-order valence-electron chi connectivity index (χ0n) is 16.6. The van der Waals surface area contributed by atoms with Gasteiger partial charge < -0.3 is 15.4 Å². The number of anilines is 2. The number of aryl methyl sites for hydroxylation is 1. The molecular formula is C20H26N4O4S. The third-order valence-corrected chi connectivity index (χ3v) is 7.21. The summed E-state index contributed by atoms with van der Waals surface area (Å²) in [6.07, 6.45) is 2.60. The van der Waals surface area contributed by atoms with Crippen molar-refractivity contribution in [3.63, 3.8) is 0 Å². The largest absolute Gasteiger partial charge is 0.446 e. The molecule has 8 nitrogen and oxygen atoms in total. The highest BCUT2D eigenvalue weighted by molar-refractivity contribution is 7.91. The van der Waals surface area contributed by atoms with Crippen molar-refractivity contribution < 1.29 is 17.9 Å². The van der Waals surface area contributed by atoms with E-state index in [-0.39, 0.29) is 29.9 Å². The number of ether oxygens (including phenoxy) is 1. The van der Waals surface area contributed by atoms with E-state index in [2.05, 4.69) is 20.8 Å². The highest BCUT2D eigenvalue weighted by Crippen LogP contribution is 2.36. The number of aromatic amines is 1. The van der Waals surface area contributed by atoms with Gasteiger partial charge in [-0.2, -0.15) is 5.10 Å². The summed E-state index contributed by atoms with van der Waals surface area (Å²) >= 11 is 0. The molecule has 1 fully saturated rings. The van der Waals surface area contributed by atoms with Crippen molar-refractivity contribution in [2.24, 2.45) is 0 Å². The third-order valence-electron chi connectivity index (χ3n) is 5.42. The van der Waals surface area contributed by atoms with E-state index < -0.39 is 9.84 Å². The van der Waals surface area contributed by atoms with Crippen LogP contribution in [-0.4, -0.2) is 42.6 Å². The fourth-order valence-corrected chi connectivity index (χ4v) is 5.58. The summed E-state index contributed by atoms with van der Waals surface area (Å²) in [5.41, 5.74) is 2.55. The van der Waals surface area contributed by atoms with E-state index >= 15 is 0 Å². The molecule has 0 spiro atoms. The zero-order valence-corrected chi connectivity index (χ0v) is 17.4. The van der Waals surface area contributed by atoms with Crippen molar-refractivity contribution >= 4 is 27.4 Å². The van der Waals surface area contributed by atoms with Crippen molar-refractivity contribution in [2.75, 3.05) is 11.1 Å². The average molecular weight is 419 g/mol. The first kappa shape index (κ1) is 19.8. The Morgan fingerprint density at radius 3 is 2.90 bits per heavy atom. The van der Waals surface area contributed by atoms with Gasteiger partial charge in [0, 0.05) is 29.4 Å². The predicted octanol–water partition coefficient (Wildman–Crippen LogP) is 3.25. The smallest absolute Gasteiger partial charge is 0.407 e. The normalized spacial score (nSPS) is 22.4. The van der Waals surface area contributed by atoms with Gasteiger partial charge >= 0.3 is 6.09 Å². The Morgan fingerprint density at radius 1 is 1.28 bits per heavy atom. The second-order valence-electron chi connectivity index (χ2n) is 8.06. The molecule has 0 bridgehead atoms. The Bertz CT molecular complexity index is 1020. The second kappa shape index (κ2) is 7.70. The van der Waals surface area contributed by atoms with Crippen LogP contribution >= 0.6 is 0 Å². The first-order valence-corrected chi connectivity index (χ1v) is 11.6. The molecule has 156 valence electrons. The molecule has 0 radical (unpaired) electrons. The Hall–Kier alpha value is -2.55. The number of alkyl carbamates (subject to hydrolysis) is 1. The molecule has 1 aliphatic heterocycles. The van der Waals surface area contributed by atoms with Crippen LogP contribution < -0.4 is 10.6 Å². The highest BCUT2D eigenvalue weighted by Gasteiger charge is 2.30. The first-order valence-electron chi connectivity index (χ1n) is 9.95. The summed E-state index contributed by atoms with van der Waals surface area (Å²) < 4.78 is 29.7. The monoisotopic (exact) mass is 418 g/mol. The SMILES string of the molecule is CC(C)NC(=O)O[C@@H]1CC[C@H](c2cc(Nc3ccc4c(c3)S(=O)(=O)CC4)n[nH]2)C1. The van der Waals surface area contributed by atoms with Gasteiger partial charge in [0.15, 0.2) is 15.7 Å². The molecule has 0 saturated heterocycles. The van der Waals surface area contributed by atoms with E-state index in [9.17, 15) is 13.2 Å². The van der Waals surface area contributed by atoms with Crippen molar-refractivity contribution in [3.8, 4) is 0 Å². The van der Waals surface area contributed by atoms with Gasteiger partial charge in [0.25, 0.3) is 0 Å². The predicted molar refractivity (Wildman–Crippen MR) is 109 cm³/mol. The van der Waals surface area contributed by atoms with Gasteiger partial charge in [0.1, 0.15) is 6.10 Å². The molecule has 9 heteroatoms. The number of hydrogen-bond donors (Lipinski definition) is 3. The van der Waals surface area contributed by atoms with E-state index in [1.54, 1.807) is 6.07 Å². The number of carbonyl (C=O) groups is 1. The lowest BCUT2D eigenvalue weighted by Gasteiger charge is -2.14. The first-order chi connectivity index (χ1) is 13.8. The van der Waals surface area contributed by atoms with Crippen molar-refractivity contribution in [2.45, 2.75) is 62.5 Å². The molecular weight excluding hydrogens is 392 g/mol. The van der Waals surface area contributed by atoms with Crippen LogP contribution in [0.2, 0.25) is 0 Å². The third kappa shape index (κ3) is 4.39. The minimum absolute atomic E-state index is 0.0511. The number of nitrogens with zero attached hydrogens (tertiary/aromatic N) is 1. The van der Waals surface area contributed by atoms with Crippen molar-refractivity contribution in [3.05, 3.63) is 35.5 Å². The maximum Gasteiger partial charge on any atom is 0.407 e. The maximum atomic E-state index is 12.1. The molecule has 2 atom stereocenters. The summed E-state index contributed by atoms with van der Waals surface area (Å²) in [5, 5.41) is 13.3. The van der Waals surface area contributed by atoms with Crippen LogP contribution in [-0.2, 0) is 21.0 Å². The lowest BCUT2D eigenvalue weighted by Crippen LogP contribution is -2.33. The van der Waals surface area contributed by atoms with E-state index in [0.29, 0.717) is 22.8 Å². The summed E-state index contributed by atoms with van der Waals surface area (Å²) in [5.74, 6) is 1.06. The van der Waals surface area contributed by atoms with Crippen LogP contribution in [0.4, 0.5) is 16.3 Å². The molecule has 29 heavy (non-hydrogen) atoms. The molecule has 1 saturated carbocycles. The van der Waals surface area contributed by atoms with Crippen LogP contribution in [0.25, 0.3) is 0 Å². The van der Waals surface area contributed by atoms with Gasteiger partial charge in [0.05, 0.1) is 10.6 Å². The zero-order chi connectivity index (χ0) is 20.6. The van der Waals surface area contributed by atoms with Crippen LogP contribution in [0.1, 0.15) is 50.3 Å². The van der Waals surface area contributed by atoms with Crippen molar-refractivity contribution in [1.82, 2.24) is 15.5 Å². The second-order valence-corrected chi connectivity index (χ2v) is 10.1. The van der Waals surface area contributed by atoms with E-state index in [1.807, 2.05) is 32.0 Å². The number of sulfone groups is 1. The average Bonchev–Trinajstić information content (AvgIpc) is 3.35. The fourth-order valence-electron chi connectivity index (χ4n) is 3.99. The summed E-state index contributed by atoms with van der Waals surface area (Å²) in [6.45, 7) is 3.79. The Morgan fingerprint density at radius 2 is 2.10 bits per heavy atom. The van der Waals surface area contributed by atoms with Crippen LogP contribution in [0, 0.1) is 0 Å². The molecule has 3 N–H and O–H groups in total. The molecule has 1 aromatic carbocycles. The fraction of sp³-hybridized carbons (Fsp3) is 0.500. The van der Waals surface area contributed by atoms with Crippen molar-refractivity contribution in [1.29, 1.82) is 0 Å². The molecule has 2 heterocycles. The van der Waals surface area contributed by atoms with Gasteiger partial charge in [-0.05, 0) is 57.2 Å². The van der Waals surface area contributed by atoms with E-state index in [0.717, 1.165) is 30.5 Å². The number of benzene rings is 1. The van der Waals surface area contributed by atoms with Gasteiger partial charge in [-0.15, -0.1) is 0 Å². The summed E-state index contributed by atoms with van der Waals surface area (Å²) in [6, 6.07) is 7.40. The number of carbonyl (C=O) groups excluding carboxylic acids is 1. The van der Waals surface area contributed by atoms with Crippen LogP contribution in [0.3, 0.4) is 0 Å². The van der Waals surface area contributed by atoms with Gasteiger partial charge in [-0.3, -0.25) is 5.10 Å². The van der Waals surface area contributed by atoms with E-state index in [1.165, 1.54) is 0 Å². The Labute approximate surface area is 170 Å². The lowest BCUT2D eigenvalue weighted by atomic mass is 10.0. The number of amides is 1. The molecule has 0 unspecified atom stereocenters. The van der Waals surface area contributed by atoms with Crippen LogP contribution in [0.5, 0.6) is 0 Å². The standard InChI is InChI=1S/C20H26N4O4S/c1-12(2)21-20(25)28-16-6-4-14(9-16)17-11-19(24-23-17)22-15-5-3-13-7-8-29(26,27)18(13)10-15/h3,5,10-12,14,16H,4,6-9H2,1-2H3,(H,21,25)(H2,22,23,24)/t14-,16+/m0/s1. The minimum Gasteiger partial charge on any atom is -0.446 e. The Kier molecular flexibility index (Phi) is 5.24. The van der Waals surface area contributed by atoms with Gasteiger partial charge in [0.2, 0.25) is 0 Å². The number of H-pyrrole nitrogens is 1. The summed E-state index contributed by atoms with van der Waals surface area (Å²) in [7, 11) is -3.17. The number of hydrogen-bond acceptors (Lipinski definition) is 6. The molecule has 1 aliphatic carbocycles. The van der Waals surface area contributed by atoms with Crippen LogP contribution in [0.15, 0.2) is 29.2 Å². The topological polar surface area (TPSA) is 113 Å². The molecule has 1 aromatic heterocycles. The number of aromatic nitrogens is 2. The van der Waals surface area contributed by atoms with E-state index in [4.69, 9.17) is 4.74 Å². The minimum atomic E-state index is -3.17. The summed E-state index contributed by atoms with van der Waals surface area (Å²) in [4.78, 5) is 12.2. The molecule has 2 aromatic rings. The number of fused-ring (bicyclic) bond motifs is 1. The maximum absolute atomic E-state index is 12.1. The highest BCUT2D eigenvalue weighted by atomic mass is 32.2. The quantitative estimate of drug-likeness (QED) is 0.687. The lowest BCUT2D eigenvalue weighted by molar-refractivity contribution is 0.0981. The van der Waals surface area contributed by atoms with Gasteiger partial charge in [-0.1, -0.05) is 6.07 Å². The molecule has 4 rings (SSSR count). The molecule has 1 amide bonds.